The molecule has 0 fully saturated rings. The second kappa shape index (κ2) is 6.04. The Balaban J connectivity index is 2.75. The third kappa shape index (κ3) is 3.26. The molecule has 0 heterocycles. The van der Waals surface area contributed by atoms with Crippen LogP contribution in [0, 0.1) is 0 Å². The molecule has 80 valence electrons. The van der Waals surface area contributed by atoms with E-state index in [2.05, 4.69) is 35.3 Å². The van der Waals surface area contributed by atoms with Crippen LogP contribution in [0.4, 0.5) is 5.69 Å². The molecule has 0 amide bonds. The second-order valence-electron chi connectivity index (χ2n) is 3.31. The van der Waals surface area contributed by atoms with Gasteiger partial charge in [-0.1, -0.05) is 30.4 Å². The molecule has 0 bridgehead atoms. The summed E-state index contributed by atoms with van der Waals surface area (Å²) in [5, 5.41) is 4.28. The van der Waals surface area contributed by atoms with Gasteiger partial charge in [-0.15, -0.1) is 13.2 Å². The van der Waals surface area contributed by atoms with Gasteiger partial charge in [0.25, 0.3) is 0 Å². The molecule has 0 aliphatic rings. The lowest BCUT2D eigenvalue weighted by Gasteiger charge is -2.31. The van der Waals surface area contributed by atoms with E-state index in [0.29, 0.717) is 0 Å². The van der Waals surface area contributed by atoms with Crippen LogP contribution in [-0.2, 0) is 0 Å². The number of para-hydroxylation sites is 1. The van der Waals surface area contributed by atoms with Crippen molar-refractivity contribution in [3.63, 3.8) is 0 Å². The number of rotatable bonds is 6. The van der Waals surface area contributed by atoms with Crippen LogP contribution in [0.2, 0.25) is 0 Å². The molecule has 0 unspecified atom stereocenters. The third-order valence-electron chi connectivity index (χ3n) is 2.23. The molecule has 1 rings (SSSR count). The molecule has 1 aromatic rings. The summed E-state index contributed by atoms with van der Waals surface area (Å²) in [6.07, 6.45) is 3.78. The van der Waals surface area contributed by atoms with Crippen molar-refractivity contribution in [1.29, 1.82) is 0 Å². The molecule has 0 aliphatic carbocycles. The normalized spacial score (nSPS) is 10.0. The lowest BCUT2D eigenvalue weighted by molar-refractivity contribution is 0.325. The van der Waals surface area contributed by atoms with Crippen molar-refractivity contribution in [1.82, 2.24) is 5.01 Å². The van der Waals surface area contributed by atoms with Crippen LogP contribution in [0.3, 0.4) is 0 Å². The van der Waals surface area contributed by atoms with Crippen molar-refractivity contribution >= 4 is 5.69 Å². The highest BCUT2D eigenvalue weighted by atomic mass is 15.6. The molecule has 0 atom stereocenters. The summed E-state index contributed by atoms with van der Waals surface area (Å²) in [6, 6.07) is 10.2. The molecule has 2 heteroatoms. The summed E-state index contributed by atoms with van der Waals surface area (Å²) in [5.74, 6) is 0. The largest absolute Gasteiger partial charge is 0.308 e. The Hall–Kier alpha value is -1.54. The summed E-state index contributed by atoms with van der Waals surface area (Å²) in [7, 11) is 2.04. The minimum absolute atomic E-state index is 0.817. The van der Waals surface area contributed by atoms with Crippen LogP contribution in [0.25, 0.3) is 0 Å². The van der Waals surface area contributed by atoms with E-state index in [0.717, 1.165) is 13.1 Å². The monoisotopic (exact) mass is 202 g/mol. The van der Waals surface area contributed by atoms with Gasteiger partial charge >= 0.3 is 0 Å². The average molecular weight is 202 g/mol. The number of hydrogen-bond donors (Lipinski definition) is 0. The molecule has 0 saturated carbocycles. The molecule has 0 spiro atoms. The van der Waals surface area contributed by atoms with Crippen molar-refractivity contribution < 1.29 is 0 Å². The first-order valence-electron chi connectivity index (χ1n) is 5.05. The Bertz CT molecular complexity index is 296. The van der Waals surface area contributed by atoms with Crippen molar-refractivity contribution in [2.45, 2.75) is 0 Å². The highest BCUT2D eigenvalue weighted by Gasteiger charge is 2.07. The first kappa shape index (κ1) is 11.5. The summed E-state index contributed by atoms with van der Waals surface area (Å²) < 4.78 is 0. The van der Waals surface area contributed by atoms with Gasteiger partial charge in [-0.05, 0) is 12.1 Å². The molecule has 1 aromatic carbocycles. The highest BCUT2D eigenvalue weighted by molar-refractivity contribution is 5.44. The predicted octanol–water partition coefficient (Wildman–Crippen LogP) is 2.71. The predicted molar refractivity (Wildman–Crippen MR) is 66.8 cm³/mol. The second-order valence-corrected chi connectivity index (χ2v) is 3.31. The van der Waals surface area contributed by atoms with E-state index in [1.807, 2.05) is 37.4 Å². The van der Waals surface area contributed by atoms with Gasteiger partial charge in [-0.25, -0.2) is 5.01 Å². The lowest BCUT2D eigenvalue weighted by atomic mass is 10.3. The van der Waals surface area contributed by atoms with Crippen molar-refractivity contribution in [3.8, 4) is 0 Å². The quantitative estimate of drug-likeness (QED) is 0.517. The van der Waals surface area contributed by atoms with Crippen LogP contribution in [0.5, 0.6) is 0 Å². The van der Waals surface area contributed by atoms with Crippen molar-refractivity contribution in [2.75, 3.05) is 25.1 Å². The minimum atomic E-state index is 0.817. The van der Waals surface area contributed by atoms with Gasteiger partial charge < -0.3 is 5.01 Å². The summed E-state index contributed by atoms with van der Waals surface area (Å²) in [5.41, 5.74) is 1.17. The maximum Gasteiger partial charge on any atom is 0.0519 e. The van der Waals surface area contributed by atoms with Crippen LogP contribution in [0.1, 0.15) is 0 Å². The van der Waals surface area contributed by atoms with Crippen molar-refractivity contribution in [3.05, 3.63) is 55.6 Å². The first-order chi connectivity index (χ1) is 7.29. The number of benzene rings is 1. The van der Waals surface area contributed by atoms with E-state index >= 15 is 0 Å². The molecule has 0 aromatic heterocycles. The van der Waals surface area contributed by atoms with Gasteiger partial charge in [-0.2, -0.15) is 0 Å². The van der Waals surface area contributed by atoms with Gasteiger partial charge in [0.05, 0.1) is 5.69 Å². The number of anilines is 1. The zero-order valence-corrected chi connectivity index (χ0v) is 9.26. The molecule has 0 N–H and O–H groups in total. The standard InChI is InChI=1S/C13H18N2/c1-4-11-15(12-5-2)14(3)13-9-7-6-8-10-13/h4-10H,1-2,11-12H2,3H3. The van der Waals surface area contributed by atoms with Gasteiger partial charge in [-0.3, -0.25) is 0 Å². The van der Waals surface area contributed by atoms with Gasteiger partial charge in [0.15, 0.2) is 0 Å². The van der Waals surface area contributed by atoms with Gasteiger partial charge in [0.1, 0.15) is 0 Å². The van der Waals surface area contributed by atoms with E-state index in [1.54, 1.807) is 0 Å². The number of hydrazine groups is 1. The molecule has 15 heavy (non-hydrogen) atoms. The molecular weight excluding hydrogens is 184 g/mol. The lowest BCUT2D eigenvalue weighted by Crippen LogP contribution is -2.40. The average Bonchev–Trinajstić information content (AvgIpc) is 2.29. The fourth-order valence-electron chi connectivity index (χ4n) is 1.42. The van der Waals surface area contributed by atoms with Crippen LogP contribution >= 0.6 is 0 Å². The zero-order chi connectivity index (χ0) is 11.1. The van der Waals surface area contributed by atoms with Crippen LogP contribution < -0.4 is 5.01 Å². The maximum atomic E-state index is 3.76. The molecule has 0 aliphatic heterocycles. The molecule has 2 nitrogen and oxygen atoms in total. The smallest absolute Gasteiger partial charge is 0.0519 e. The van der Waals surface area contributed by atoms with Gasteiger partial charge in [0, 0.05) is 20.1 Å². The summed E-state index contributed by atoms with van der Waals surface area (Å²) in [6.45, 7) is 9.15. The zero-order valence-electron chi connectivity index (χ0n) is 9.26. The Morgan fingerprint density at radius 1 is 1.07 bits per heavy atom. The third-order valence-corrected chi connectivity index (χ3v) is 2.23. The van der Waals surface area contributed by atoms with E-state index < -0.39 is 0 Å². The van der Waals surface area contributed by atoms with E-state index in [4.69, 9.17) is 0 Å². The maximum absolute atomic E-state index is 3.76. The van der Waals surface area contributed by atoms with E-state index in [1.165, 1.54) is 5.69 Å². The first-order valence-corrected chi connectivity index (χ1v) is 5.05. The Kier molecular flexibility index (Phi) is 4.64. The Morgan fingerprint density at radius 2 is 1.60 bits per heavy atom. The highest BCUT2D eigenvalue weighted by Crippen LogP contribution is 2.13. The van der Waals surface area contributed by atoms with Crippen LogP contribution in [-0.4, -0.2) is 25.1 Å². The Morgan fingerprint density at radius 3 is 2.07 bits per heavy atom. The Labute approximate surface area is 92.1 Å². The topological polar surface area (TPSA) is 6.48 Å². The number of nitrogens with zero attached hydrogens (tertiary/aromatic N) is 2. The molecular formula is C13H18N2. The molecule has 0 radical (unpaired) electrons. The summed E-state index contributed by atoms with van der Waals surface area (Å²) in [4.78, 5) is 0. The van der Waals surface area contributed by atoms with Crippen molar-refractivity contribution in [2.24, 2.45) is 0 Å². The SMILES string of the molecule is C=CCN(CC=C)N(C)c1ccccc1. The minimum Gasteiger partial charge on any atom is -0.308 e. The van der Waals surface area contributed by atoms with Crippen LogP contribution in [0.15, 0.2) is 55.6 Å². The van der Waals surface area contributed by atoms with Gasteiger partial charge in [0.2, 0.25) is 0 Å². The summed E-state index contributed by atoms with van der Waals surface area (Å²) >= 11 is 0. The fraction of sp³-hybridized carbons (Fsp3) is 0.231. The fourth-order valence-corrected chi connectivity index (χ4v) is 1.42. The van der Waals surface area contributed by atoms with E-state index in [-0.39, 0.29) is 0 Å². The number of hydrogen-bond acceptors (Lipinski definition) is 2. The van der Waals surface area contributed by atoms with E-state index in [9.17, 15) is 0 Å². The molecule has 0 saturated heterocycles.